The predicted molar refractivity (Wildman–Crippen MR) is 72.3 cm³/mol. The van der Waals surface area contributed by atoms with Crippen molar-refractivity contribution in [2.24, 2.45) is 5.73 Å². The first-order valence-electron chi connectivity index (χ1n) is 6.49. The standard InChI is InChI=1S/C14H18FN3O2/c1-17-6-7-18(12(9-17)14(16)20)13(19)8-10-2-4-11(15)5-3-10/h2-5,12H,6-9H2,1H3,(H2,16,20)/t12-/m1/s1. The summed E-state index contributed by atoms with van der Waals surface area (Å²) in [5.74, 6) is -0.992. The Morgan fingerprint density at radius 3 is 2.55 bits per heavy atom. The van der Waals surface area contributed by atoms with Crippen LogP contribution in [0.2, 0.25) is 0 Å². The molecule has 1 fully saturated rings. The maximum Gasteiger partial charge on any atom is 0.241 e. The molecule has 6 heteroatoms. The van der Waals surface area contributed by atoms with E-state index in [-0.39, 0.29) is 18.1 Å². The van der Waals surface area contributed by atoms with Gasteiger partial charge in [-0.15, -0.1) is 0 Å². The predicted octanol–water partition coefficient (Wildman–Crippen LogP) is -0.00390. The van der Waals surface area contributed by atoms with E-state index in [1.165, 1.54) is 17.0 Å². The number of primary amides is 1. The van der Waals surface area contributed by atoms with E-state index < -0.39 is 11.9 Å². The van der Waals surface area contributed by atoms with Crippen LogP contribution in [-0.2, 0) is 16.0 Å². The number of carbonyl (C=O) groups is 2. The summed E-state index contributed by atoms with van der Waals surface area (Å²) in [5.41, 5.74) is 6.08. The molecule has 0 saturated carbocycles. The van der Waals surface area contributed by atoms with Gasteiger partial charge >= 0.3 is 0 Å². The third-order valence-corrected chi connectivity index (χ3v) is 3.50. The lowest BCUT2D eigenvalue weighted by Crippen LogP contribution is -2.59. The maximum atomic E-state index is 12.8. The quantitative estimate of drug-likeness (QED) is 0.846. The number of hydrogen-bond acceptors (Lipinski definition) is 3. The zero-order chi connectivity index (χ0) is 14.7. The molecule has 0 unspecified atom stereocenters. The number of carbonyl (C=O) groups excluding carboxylic acids is 2. The van der Waals surface area contributed by atoms with E-state index in [4.69, 9.17) is 5.73 Å². The molecule has 2 rings (SSSR count). The summed E-state index contributed by atoms with van der Waals surface area (Å²) in [5, 5.41) is 0. The Morgan fingerprint density at radius 1 is 1.30 bits per heavy atom. The number of nitrogens with two attached hydrogens (primary N) is 1. The van der Waals surface area contributed by atoms with Gasteiger partial charge in [0.1, 0.15) is 11.9 Å². The minimum absolute atomic E-state index is 0.147. The summed E-state index contributed by atoms with van der Waals surface area (Å²) >= 11 is 0. The summed E-state index contributed by atoms with van der Waals surface area (Å²) in [4.78, 5) is 27.2. The molecule has 1 aromatic rings. The van der Waals surface area contributed by atoms with Gasteiger partial charge in [-0.2, -0.15) is 0 Å². The van der Waals surface area contributed by atoms with Gasteiger partial charge in [0.15, 0.2) is 0 Å². The van der Waals surface area contributed by atoms with Crippen molar-refractivity contribution in [1.29, 1.82) is 0 Å². The number of nitrogens with zero attached hydrogens (tertiary/aromatic N) is 2. The fourth-order valence-corrected chi connectivity index (χ4v) is 2.34. The Morgan fingerprint density at radius 2 is 1.95 bits per heavy atom. The molecular weight excluding hydrogens is 261 g/mol. The van der Waals surface area contributed by atoms with Crippen molar-refractivity contribution in [1.82, 2.24) is 9.80 Å². The third kappa shape index (κ3) is 3.33. The normalized spacial score (nSPS) is 19.9. The van der Waals surface area contributed by atoms with E-state index in [2.05, 4.69) is 0 Å². The first-order valence-corrected chi connectivity index (χ1v) is 6.49. The molecule has 20 heavy (non-hydrogen) atoms. The molecule has 1 atom stereocenters. The van der Waals surface area contributed by atoms with E-state index in [0.717, 1.165) is 5.56 Å². The van der Waals surface area contributed by atoms with Gasteiger partial charge in [-0.25, -0.2) is 4.39 Å². The maximum absolute atomic E-state index is 12.8. The van der Waals surface area contributed by atoms with Crippen LogP contribution in [0, 0.1) is 5.82 Å². The zero-order valence-electron chi connectivity index (χ0n) is 11.4. The monoisotopic (exact) mass is 279 g/mol. The summed E-state index contributed by atoms with van der Waals surface area (Å²) in [6.07, 6.45) is 0.147. The van der Waals surface area contributed by atoms with Crippen LogP contribution in [-0.4, -0.2) is 54.3 Å². The van der Waals surface area contributed by atoms with Gasteiger partial charge in [-0.1, -0.05) is 12.1 Å². The zero-order valence-corrected chi connectivity index (χ0v) is 11.4. The Hall–Kier alpha value is -1.95. The molecular formula is C14H18FN3O2. The van der Waals surface area contributed by atoms with Crippen LogP contribution in [0.3, 0.4) is 0 Å². The van der Waals surface area contributed by atoms with Gasteiger partial charge in [0.2, 0.25) is 11.8 Å². The molecule has 2 amide bonds. The van der Waals surface area contributed by atoms with Crippen LogP contribution in [0.1, 0.15) is 5.56 Å². The van der Waals surface area contributed by atoms with Crippen molar-refractivity contribution >= 4 is 11.8 Å². The van der Waals surface area contributed by atoms with E-state index in [1.54, 1.807) is 12.1 Å². The highest BCUT2D eigenvalue weighted by Gasteiger charge is 2.32. The van der Waals surface area contributed by atoms with Crippen LogP contribution >= 0.6 is 0 Å². The van der Waals surface area contributed by atoms with Gasteiger partial charge in [-0.05, 0) is 24.7 Å². The fourth-order valence-electron chi connectivity index (χ4n) is 2.34. The second kappa shape index (κ2) is 6.00. The third-order valence-electron chi connectivity index (χ3n) is 3.50. The molecule has 1 aliphatic rings. The smallest absolute Gasteiger partial charge is 0.241 e. The lowest BCUT2D eigenvalue weighted by molar-refractivity contribution is -0.141. The number of piperazine rings is 1. The van der Waals surface area contributed by atoms with Crippen LogP contribution in [0.5, 0.6) is 0 Å². The van der Waals surface area contributed by atoms with Crippen molar-refractivity contribution in [3.63, 3.8) is 0 Å². The van der Waals surface area contributed by atoms with E-state index in [0.29, 0.717) is 19.6 Å². The molecule has 1 saturated heterocycles. The highest BCUT2D eigenvalue weighted by atomic mass is 19.1. The van der Waals surface area contributed by atoms with E-state index in [1.807, 2.05) is 11.9 Å². The largest absolute Gasteiger partial charge is 0.368 e. The Bertz CT molecular complexity index is 504. The molecule has 0 spiro atoms. The topological polar surface area (TPSA) is 66.6 Å². The van der Waals surface area contributed by atoms with Crippen molar-refractivity contribution in [3.05, 3.63) is 35.6 Å². The van der Waals surface area contributed by atoms with Crippen molar-refractivity contribution in [2.45, 2.75) is 12.5 Å². The second-order valence-corrected chi connectivity index (χ2v) is 5.07. The molecule has 0 aromatic heterocycles. The Kier molecular flexibility index (Phi) is 4.34. The highest BCUT2D eigenvalue weighted by Crippen LogP contribution is 2.12. The average Bonchev–Trinajstić information content (AvgIpc) is 2.41. The molecule has 108 valence electrons. The number of halogens is 1. The molecule has 5 nitrogen and oxygen atoms in total. The summed E-state index contributed by atoms with van der Waals surface area (Å²) in [6.45, 7) is 1.63. The van der Waals surface area contributed by atoms with Crippen LogP contribution in [0.4, 0.5) is 4.39 Å². The van der Waals surface area contributed by atoms with Crippen LogP contribution in [0.25, 0.3) is 0 Å². The van der Waals surface area contributed by atoms with Gasteiger partial charge < -0.3 is 15.5 Å². The molecule has 2 N–H and O–H groups in total. The van der Waals surface area contributed by atoms with Gasteiger partial charge in [0.25, 0.3) is 0 Å². The van der Waals surface area contributed by atoms with Crippen LogP contribution in [0.15, 0.2) is 24.3 Å². The first kappa shape index (κ1) is 14.5. The van der Waals surface area contributed by atoms with Crippen molar-refractivity contribution < 1.29 is 14.0 Å². The summed E-state index contributed by atoms with van der Waals surface area (Å²) < 4.78 is 12.8. The van der Waals surface area contributed by atoms with Crippen molar-refractivity contribution in [3.8, 4) is 0 Å². The average molecular weight is 279 g/mol. The molecule has 1 heterocycles. The highest BCUT2D eigenvalue weighted by molar-refractivity contribution is 5.88. The van der Waals surface area contributed by atoms with E-state index in [9.17, 15) is 14.0 Å². The van der Waals surface area contributed by atoms with Gasteiger partial charge in [0, 0.05) is 19.6 Å². The minimum atomic E-state index is -0.596. The summed E-state index contributed by atoms with van der Waals surface area (Å²) in [7, 11) is 1.89. The number of rotatable bonds is 3. The lowest BCUT2D eigenvalue weighted by atomic mass is 10.1. The van der Waals surface area contributed by atoms with Crippen LogP contribution < -0.4 is 5.73 Å². The molecule has 0 bridgehead atoms. The summed E-state index contributed by atoms with van der Waals surface area (Å²) in [6, 6.07) is 5.18. The van der Waals surface area contributed by atoms with Gasteiger partial charge in [0.05, 0.1) is 6.42 Å². The number of benzene rings is 1. The molecule has 1 aromatic carbocycles. The molecule has 1 aliphatic heterocycles. The molecule has 0 radical (unpaired) electrons. The second-order valence-electron chi connectivity index (χ2n) is 5.07. The van der Waals surface area contributed by atoms with E-state index >= 15 is 0 Å². The SMILES string of the molecule is CN1CCN(C(=O)Cc2ccc(F)cc2)[C@@H](C(N)=O)C1. The number of hydrogen-bond donors (Lipinski definition) is 1. The Balaban J connectivity index is 2.06. The minimum Gasteiger partial charge on any atom is -0.368 e. The number of amides is 2. The Labute approximate surface area is 117 Å². The first-order chi connectivity index (χ1) is 9.47. The van der Waals surface area contributed by atoms with Crippen molar-refractivity contribution in [2.75, 3.05) is 26.7 Å². The van der Waals surface area contributed by atoms with Gasteiger partial charge in [-0.3, -0.25) is 9.59 Å². The number of likely N-dealkylation sites (N-methyl/N-ethyl adjacent to an activating group) is 1. The lowest BCUT2D eigenvalue weighted by Gasteiger charge is -2.38. The fraction of sp³-hybridized carbons (Fsp3) is 0.429. The molecule has 0 aliphatic carbocycles.